The van der Waals surface area contributed by atoms with Crippen molar-refractivity contribution in [2.45, 2.75) is 4.90 Å². The molecule has 12 heteroatoms. The third kappa shape index (κ3) is 7.23. The summed E-state index contributed by atoms with van der Waals surface area (Å²) in [6.07, 6.45) is 1.35. The Kier molecular flexibility index (Phi) is 9.66. The molecule has 0 heterocycles. The van der Waals surface area contributed by atoms with Crippen LogP contribution in [0, 0.1) is 0 Å². The maximum Gasteiger partial charge on any atom is 0.343 e. The predicted octanol–water partition coefficient (Wildman–Crippen LogP) is 2.60. The molecule has 0 aliphatic carbocycles. The fourth-order valence-electron chi connectivity index (χ4n) is 3.24. The lowest BCUT2D eigenvalue weighted by Crippen LogP contribution is -2.39. The number of carbonyl (C=O) groups is 2. The Morgan fingerprint density at radius 2 is 1.68 bits per heavy atom. The minimum absolute atomic E-state index is 0.00191. The van der Waals surface area contributed by atoms with E-state index in [2.05, 4.69) is 15.3 Å². The molecule has 1 amide bonds. The first-order valence-electron chi connectivity index (χ1n) is 11.2. The number of nitrogens with zero attached hydrogens (tertiary/aromatic N) is 2. The maximum atomic E-state index is 13.5. The smallest absolute Gasteiger partial charge is 0.343 e. The second-order valence-corrected chi connectivity index (χ2v) is 9.46. The summed E-state index contributed by atoms with van der Waals surface area (Å²) >= 11 is 0. The molecule has 0 saturated heterocycles. The van der Waals surface area contributed by atoms with Gasteiger partial charge in [-0.1, -0.05) is 30.3 Å². The van der Waals surface area contributed by atoms with Crippen LogP contribution in [-0.2, 0) is 24.3 Å². The zero-order valence-corrected chi connectivity index (χ0v) is 21.8. The zero-order valence-electron chi connectivity index (χ0n) is 21.0. The Bertz CT molecular complexity index is 1390. The third-order valence-electron chi connectivity index (χ3n) is 5.12. The lowest BCUT2D eigenvalue weighted by Gasteiger charge is -2.25. The molecule has 3 aromatic carbocycles. The van der Waals surface area contributed by atoms with Crippen LogP contribution in [0.3, 0.4) is 0 Å². The van der Waals surface area contributed by atoms with E-state index in [0.29, 0.717) is 17.1 Å². The number of nitrogens with one attached hydrogen (secondary N) is 1. The van der Waals surface area contributed by atoms with E-state index in [1.165, 1.54) is 51.8 Å². The molecule has 0 spiro atoms. The number of benzene rings is 3. The van der Waals surface area contributed by atoms with Crippen LogP contribution in [0.25, 0.3) is 0 Å². The van der Waals surface area contributed by atoms with Crippen LogP contribution in [0.2, 0.25) is 0 Å². The fourth-order valence-corrected chi connectivity index (χ4v) is 4.69. The number of anilines is 1. The van der Waals surface area contributed by atoms with E-state index in [9.17, 15) is 18.0 Å². The monoisotopic (exact) mass is 541 g/mol. The van der Waals surface area contributed by atoms with E-state index in [1.54, 1.807) is 48.5 Å². The molecular formula is C26H27N3O8S. The van der Waals surface area contributed by atoms with E-state index < -0.39 is 28.4 Å². The SMILES string of the molecule is COC(=O)COc1cccc(/C=N/NC(=O)CN(c2ccc(OC)cc2OC)S(=O)(=O)c2ccccc2)c1. The summed E-state index contributed by atoms with van der Waals surface area (Å²) < 4.78 is 48.4. The van der Waals surface area contributed by atoms with Crippen LogP contribution < -0.4 is 23.9 Å². The van der Waals surface area contributed by atoms with Crippen LogP contribution in [0.1, 0.15) is 5.56 Å². The first-order valence-corrected chi connectivity index (χ1v) is 12.6. The number of hydrogen-bond donors (Lipinski definition) is 1. The topological polar surface area (TPSA) is 133 Å². The molecule has 0 unspecified atom stereocenters. The Morgan fingerprint density at radius 3 is 2.37 bits per heavy atom. The van der Waals surface area contributed by atoms with Gasteiger partial charge in [-0.15, -0.1) is 0 Å². The van der Waals surface area contributed by atoms with Gasteiger partial charge in [-0.25, -0.2) is 18.6 Å². The van der Waals surface area contributed by atoms with Crippen molar-refractivity contribution < 1.29 is 37.0 Å². The van der Waals surface area contributed by atoms with Crippen molar-refractivity contribution in [1.29, 1.82) is 0 Å². The first-order chi connectivity index (χ1) is 18.3. The summed E-state index contributed by atoms with van der Waals surface area (Å²) in [6, 6.07) is 18.9. The Hall–Kier alpha value is -4.58. The molecular weight excluding hydrogens is 514 g/mol. The van der Waals surface area contributed by atoms with Crippen molar-refractivity contribution in [3.8, 4) is 17.2 Å². The molecule has 200 valence electrons. The van der Waals surface area contributed by atoms with Gasteiger partial charge >= 0.3 is 5.97 Å². The summed E-state index contributed by atoms with van der Waals surface area (Å²) in [6.45, 7) is -0.839. The Balaban J connectivity index is 1.81. The van der Waals surface area contributed by atoms with Crippen molar-refractivity contribution in [2.75, 3.05) is 38.8 Å². The number of carbonyl (C=O) groups excluding carboxylic acids is 2. The summed E-state index contributed by atoms with van der Waals surface area (Å²) in [4.78, 5) is 24.1. The van der Waals surface area contributed by atoms with E-state index >= 15 is 0 Å². The molecule has 0 atom stereocenters. The van der Waals surface area contributed by atoms with Gasteiger partial charge in [0.05, 0.1) is 38.1 Å². The van der Waals surface area contributed by atoms with Crippen molar-refractivity contribution in [1.82, 2.24) is 5.43 Å². The van der Waals surface area contributed by atoms with Crippen LogP contribution in [0.4, 0.5) is 5.69 Å². The minimum atomic E-state index is -4.15. The molecule has 0 aliphatic rings. The molecule has 0 bridgehead atoms. The summed E-state index contributed by atoms with van der Waals surface area (Å²) in [7, 11) is -0.0365. The molecule has 0 radical (unpaired) electrons. The molecule has 0 saturated carbocycles. The van der Waals surface area contributed by atoms with Crippen molar-refractivity contribution in [3.05, 3.63) is 78.4 Å². The zero-order chi connectivity index (χ0) is 27.5. The van der Waals surface area contributed by atoms with Gasteiger partial charge in [0.2, 0.25) is 0 Å². The molecule has 11 nitrogen and oxygen atoms in total. The van der Waals surface area contributed by atoms with Gasteiger partial charge in [0.15, 0.2) is 6.61 Å². The number of ether oxygens (including phenoxy) is 4. The normalized spacial score (nSPS) is 11.0. The lowest BCUT2D eigenvalue weighted by molar-refractivity contribution is -0.142. The number of hydrazone groups is 1. The van der Waals surface area contributed by atoms with Gasteiger partial charge in [-0.3, -0.25) is 9.10 Å². The van der Waals surface area contributed by atoms with E-state index in [0.717, 1.165) is 4.31 Å². The summed E-state index contributed by atoms with van der Waals surface area (Å²) in [5.74, 6) is -0.174. The second kappa shape index (κ2) is 13.1. The molecule has 1 N–H and O–H groups in total. The van der Waals surface area contributed by atoms with Gasteiger partial charge in [0.1, 0.15) is 23.8 Å². The highest BCUT2D eigenvalue weighted by molar-refractivity contribution is 7.92. The quantitative estimate of drug-likeness (QED) is 0.210. The molecule has 0 aliphatic heterocycles. The summed E-state index contributed by atoms with van der Waals surface area (Å²) in [5.41, 5.74) is 3.05. The largest absolute Gasteiger partial charge is 0.497 e. The van der Waals surface area contributed by atoms with Gasteiger partial charge in [0, 0.05) is 6.07 Å². The lowest BCUT2D eigenvalue weighted by atomic mass is 10.2. The average molecular weight is 542 g/mol. The maximum absolute atomic E-state index is 13.5. The Labute approximate surface area is 220 Å². The van der Waals surface area contributed by atoms with Crippen LogP contribution in [-0.4, -0.2) is 61.0 Å². The number of amides is 1. The molecule has 3 rings (SSSR count). The highest BCUT2D eigenvalue weighted by Crippen LogP contribution is 2.35. The van der Waals surface area contributed by atoms with Gasteiger partial charge in [0.25, 0.3) is 15.9 Å². The van der Waals surface area contributed by atoms with Gasteiger partial charge in [-0.05, 0) is 42.0 Å². The molecule has 3 aromatic rings. The highest BCUT2D eigenvalue weighted by Gasteiger charge is 2.29. The van der Waals surface area contributed by atoms with Crippen LogP contribution in [0.15, 0.2) is 82.8 Å². The van der Waals surface area contributed by atoms with Crippen molar-refractivity contribution in [3.63, 3.8) is 0 Å². The highest BCUT2D eigenvalue weighted by atomic mass is 32.2. The van der Waals surface area contributed by atoms with Gasteiger partial charge in [-0.2, -0.15) is 5.10 Å². The second-order valence-electron chi connectivity index (χ2n) is 7.59. The number of methoxy groups -OCH3 is 3. The van der Waals surface area contributed by atoms with Crippen molar-refractivity contribution in [2.24, 2.45) is 5.10 Å². The van der Waals surface area contributed by atoms with E-state index in [1.807, 2.05) is 0 Å². The van der Waals surface area contributed by atoms with E-state index in [-0.39, 0.29) is 22.9 Å². The summed E-state index contributed by atoms with van der Waals surface area (Å²) in [5, 5.41) is 3.92. The van der Waals surface area contributed by atoms with Gasteiger partial charge < -0.3 is 18.9 Å². The molecule has 38 heavy (non-hydrogen) atoms. The van der Waals surface area contributed by atoms with E-state index in [4.69, 9.17) is 14.2 Å². The number of sulfonamides is 1. The molecule has 0 aromatic heterocycles. The minimum Gasteiger partial charge on any atom is -0.497 e. The fraction of sp³-hybridized carbons (Fsp3) is 0.192. The third-order valence-corrected chi connectivity index (χ3v) is 6.89. The first kappa shape index (κ1) is 28.0. The number of hydrogen-bond acceptors (Lipinski definition) is 9. The van der Waals surface area contributed by atoms with Crippen LogP contribution >= 0.6 is 0 Å². The van der Waals surface area contributed by atoms with Crippen LogP contribution in [0.5, 0.6) is 17.2 Å². The molecule has 0 fully saturated rings. The predicted molar refractivity (Wildman–Crippen MR) is 140 cm³/mol. The average Bonchev–Trinajstić information content (AvgIpc) is 2.95. The number of esters is 1. The standard InChI is InChI=1S/C26H27N3O8S/c1-34-20-12-13-23(24(15-20)35-2)29(38(32,33)22-10-5-4-6-11-22)17-25(30)28-27-16-19-8-7-9-21(14-19)37-18-26(31)36-3/h4-16H,17-18H2,1-3H3,(H,28,30)/b27-16+. The Morgan fingerprint density at radius 1 is 0.921 bits per heavy atom. The number of rotatable bonds is 12. The van der Waals surface area contributed by atoms with Crippen molar-refractivity contribution >= 4 is 33.8 Å².